The molecule has 2 aromatic carbocycles. The second-order valence-electron chi connectivity index (χ2n) is 9.71. The number of epoxide rings is 1. The van der Waals surface area contributed by atoms with E-state index < -0.39 is 54.4 Å². The molecule has 2 aliphatic heterocycles. The highest BCUT2D eigenvalue weighted by atomic mass is 35.5. The number of carbonyl (C=O) groups is 4. The predicted molar refractivity (Wildman–Crippen MR) is 140 cm³/mol. The molecule has 40 heavy (non-hydrogen) atoms. The Hall–Kier alpha value is -3.47. The smallest absolute Gasteiger partial charge is 0.303 e. The van der Waals surface area contributed by atoms with E-state index in [-0.39, 0.29) is 12.7 Å². The molecule has 0 aliphatic carbocycles. The number of esters is 4. The van der Waals surface area contributed by atoms with Crippen LogP contribution < -0.4 is 0 Å². The number of rotatable bonds is 9. The molecule has 4 rings (SSSR count). The molecule has 0 radical (unpaired) electrons. The summed E-state index contributed by atoms with van der Waals surface area (Å²) in [5, 5.41) is 0.518. The summed E-state index contributed by atoms with van der Waals surface area (Å²) in [7, 11) is 0. The van der Waals surface area contributed by atoms with Crippen LogP contribution in [-0.2, 0) is 54.0 Å². The summed E-state index contributed by atoms with van der Waals surface area (Å²) >= 11 is 6.56. The van der Waals surface area contributed by atoms with Crippen molar-refractivity contribution in [1.29, 1.82) is 0 Å². The summed E-state index contributed by atoms with van der Waals surface area (Å²) in [6.45, 7) is 5.22. The van der Waals surface area contributed by atoms with Gasteiger partial charge in [0, 0.05) is 32.7 Å². The first-order valence-electron chi connectivity index (χ1n) is 12.8. The molecule has 214 valence electrons. The standard InChI is InChI=1S/C29H31ClO10/c1-15(31)35-14-25-27(37-16(2)32)29(39-18(4)34)28(38-17(3)33)26(40-25)21-9-10-23(30)22(12-21)11-19-5-7-20(8-6-19)24-13-36-24/h5-10,12,24-29H,11,13-14H2,1-4H3/t24?,25-,26+,27-,28+,29+/m1/s1. The minimum atomic E-state index is -1.25. The zero-order valence-corrected chi connectivity index (χ0v) is 23.3. The summed E-state index contributed by atoms with van der Waals surface area (Å²) in [4.78, 5) is 47.8. The lowest BCUT2D eigenvalue weighted by Crippen LogP contribution is -2.59. The third-order valence-electron chi connectivity index (χ3n) is 6.47. The van der Waals surface area contributed by atoms with Crippen molar-refractivity contribution in [3.63, 3.8) is 0 Å². The van der Waals surface area contributed by atoms with Crippen molar-refractivity contribution in [2.24, 2.45) is 0 Å². The average Bonchev–Trinajstić information content (AvgIpc) is 3.72. The Morgan fingerprint density at radius 2 is 1.38 bits per heavy atom. The average molecular weight is 575 g/mol. The van der Waals surface area contributed by atoms with E-state index in [9.17, 15) is 19.2 Å². The van der Waals surface area contributed by atoms with Gasteiger partial charge in [-0.15, -0.1) is 0 Å². The predicted octanol–water partition coefficient (Wildman–Crippen LogP) is 3.80. The molecular weight excluding hydrogens is 544 g/mol. The Bertz CT molecular complexity index is 1260. The van der Waals surface area contributed by atoms with Crippen molar-refractivity contribution >= 4 is 35.5 Å². The van der Waals surface area contributed by atoms with Crippen molar-refractivity contribution < 1.29 is 47.6 Å². The van der Waals surface area contributed by atoms with Gasteiger partial charge in [-0.3, -0.25) is 19.2 Å². The van der Waals surface area contributed by atoms with E-state index in [0.717, 1.165) is 23.3 Å². The molecule has 0 saturated carbocycles. The van der Waals surface area contributed by atoms with Gasteiger partial charge in [0.2, 0.25) is 0 Å². The van der Waals surface area contributed by atoms with Crippen LogP contribution in [0.2, 0.25) is 5.02 Å². The van der Waals surface area contributed by atoms with Crippen molar-refractivity contribution in [1.82, 2.24) is 0 Å². The number of ether oxygens (including phenoxy) is 6. The largest absolute Gasteiger partial charge is 0.463 e. The minimum Gasteiger partial charge on any atom is -0.463 e. The minimum absolute atomic E-state index is 0.156. The lowest BCUT2D eigenvalue weighted by molar-refractivity contribution is -0.254. The fourth-order valence-corrected chi connectivity index (χ4v) is 4.90. The van der Waals surface area contributed by atoms with Gasteiger partial charge < -0.3 is 28.4 Å². The third kappa shape index (κ3) is 7.59. The van der Waals surface area contributed by atoms with Crippen LogP contribution in [0.25, 0.3) is 0 Å². The molecule has 0 aromatic heterocycles. The summed E-state index contributed by atoms with van der Waals surface area (Å²) in [6, 6.07) is 13.3. The van der Waals surface area contributed by atoms with Gasteiger partial charge in [-0.1, -0.05) is 48.0 Å². The number of benzene rings is 2. The van der Waals surface area contributed by atoms with Gasteiger partial charge in [-0.2, -0.15) is 0 Å². The van der Waals surface area contributed by atoms with Crippen LogP contribution in [0.5, 0.6) is 0 Å². The van der Waals surface area contributed by atoms with E-state index >= 15 is 0 Å². The number of halogens is 1. The zero-order chi connectivity index (χ0) is 29.0. The molecule has 0 N–H and O–H groups in total. The molecule has 2 fully saturated rings. The fourth-order valence-electron chi connectivity index (χ4n) is 4.71. The molecule has 6 atom stereocenters. The summed E-state index contributed by atoms with van der Waals surface area (Å²) in [5.41, 5.74) is 3.48. The van der Waals surface area contributed by atoms with Crippen molar-refractivity contribution in [2.75, 3.05) is 13.2 Å². The van der Waals surface area contributed by atoms with Gasteiger partial charge in [0.25, 0.3) is 0 Å². The quantitative estimate of drug-likeness (QED) is 0.248. The molecule has 2 aromatic rings. The van der Waals surface area contributed by atoms with Crippen molar-refractivity contribution in [3.8, 4) is 0 Å². The highest BCUT2D eigenvalue weighted by Gasteiger charge is 2.52. The number of carbonyl (C=O) groups excluding carboxylic acids is 4. The van der Waals surface area contributed by atoms with Crippen LogP contribution in [0.3, 0.4) is 0 Å². The van der Waals surface area contributed by atoms with Gasteiger partial charge in [0.05, 0.1) is 6.61 Å². The first kappa shape index (κ1) is 29.5. The molecule has 2 heterocycles. The van der Waals surface area contributed by atoms with Crippen LogP contribution in [0, 0.1) is 0 Å². The Balaban J connectivity index is 1.70. The van der Waals surface area contributed by atoms with Crippen molar-refractivity contribution in [2.45, 2.75) is 70.7 Å². The lowest BCUT2D eigenvalue weighted by atomic mass is 9.89. The molecule has 10 nitrogen and oxygen atoms in total. The van der Waals surface area contributed by atoms with Gasteiger partial charge in [0.1, 0.15) is 24.9 Å². The van der Waals surface area contributed by atoms with Crippen LogP contribution in [0.1, 0.15) is 62.2 Å². The fraction of sp³-hybridized carbons (Fsp3) is 0.448. The molecule has 2 aliphatic rings. The SMILES string of the molecule is CC(=O)OC[C@H]1O[C@@H](c2ccc(Cl)c(Cc3ccc(C4CO4)cc3)c2)[C@H](OC(C)=O)[C@@H](OC(C)=O)[C@@H]1OC(C)=O. The highest BCUT2D eigenvalue weighted by Crippen LogP contribution is 2.39. The normalized spacial score (nSPS) is 25.4. The van der Waals surface area contributed by atoms with Gasteiger partial charge in [0.15, 0.2) is 18.3 Å². The summed E-state index contributed by atoms with van der Waals surface area (Å²) in [6.07, 6.45) is -5.02. The second kappa shape index (κ2) is 12.8. The number of hydrogen-bond acceptors (Lipinski definition) is 10. The third-order valence-corrected chi connectivity index (χ3v) is 6.84. The van der Waals surface area contributed by atoms with E-state index in [1.807, 2.05) is 30.3 Å². The topological polar surface area (TPSA) is 127 Å². The van der Waals surface area contributed by atoms with Crippen LogP contribution >= 0.6 is 11.6 Å². The molecule has 0 spiro atoms. The first-order valence-corrected chi connectivity index (χ1v) is 13.2. The van der Waals surface area contributed by atoms with Gasteiger partial charge >= 0.3 is 23.9 Å². The van der Waals surface area contributed by atoms with E-state index in [1.165, 1.54) is 27.7 Å². The van der Waals surface area contributed by atoms with E-state index in [4.69, 9.17) is 40.0 Å². The van der Waals surface area contributed by atoms with Crippen LogP contribution in [0.4, 0.5) is 0 Å². The maximum Gasteiger partial charge on any atom is 0.303 e. The molecule has 1 unspecified atom stereocenters. The Kier molecular flexibility index (Phi) is 9.44. The molecule has 11 heteroatoms. The maximum absolute atomic E-state index is 12.2. The Morgan fingerprint density at radius 3 is 1.95 bits per heavy atom. The second-order valence-corrected chi connectivity index (χ2v) is 10.1. The molecule has 0 amide bonds. The molecular formula is C29H31ClO10. The molecule has 2 saturated heterocycles. The maximum atomic E-state index is 12.2. The van der Waals surface area contributed by atoms with Gasteiger partial charge in [-0.05, 0) is 34.7 Å². The molecule has 0 bridgehead atoms. The van der Waals surface area contributed by atoms with Crippen molar-refractivity contribution in [3.05, 3.63) is 69.7 Å². The monoisotopic (exact) mass is 574 g/mol. The van der Waals surface area contributed by atoms with E-state index in [2.05, 4.69) is 0 Å². The van der Waals surface area contributed by atoms with Gasteiger partial charge in [-0.25, -0.2) is 0 Å². The van der Waals surface area contributed by atoms with Crippen LogP contribution in [-0.4, -0.2) is 61.5 Å². The van der Waals surface area contributed by atoms with Crippen LogP contribution in [0.15, 0.2) is 42.5 Å². The Morgan fingerprint density at radius 1 is 0.800 bits per heavy atom. The lowest BCUT2D eigenvalue weighted by Gasteiger charge is -2.44. The van der Waals surface area contributed by atoms with E-state index in [0.29, 0.717) is 17.0 Å². The Labute approximate surface area is 236 Å². The summed E-state index contributed by atoms with van der Waals surface area (Å²) < 4.78 is 33.4. The van der Waals surface area contributed by atoms with E-state index in [1.54, 1.807) is 12.1 Å². The summed E-state index contributed by atoms with van der Waals surface area (Å²) in [5.74, 6) is -2.62. The number of hydrogen-bond donors (Lipinski definition) is 0. The zero-order valence-electron chi connectivity index (χ0n) is 22.6. The highest BCUT2D eigenvalue weighted by molar-refractivity contribution is 6.31. The first-order chi connectivity index (χ1) is 19.0.